The molecule has 1 fully saturated rings. The van der Waals surface area contributed by atoms with E-state index in [1.165, 1.54) is 15.2 Å². The molecule has 25 heavy (non-hydrogen) atoms. The standard InChI is InChI=1S/C15H22N6O3S/c1-11-13(9-16-20(11)3)25(23,24)21-7-4-5-12(10-21)15(22)17-14-6-8-19(2)18-14/h6,8-9,12H,4-5,7,10H2,1-3H3,(H,17,18,22). The molecule has 1 saturated heterocycles. The van der Waals surface area contributed by atoms with Gasteiger partial charge in [0.2, 0.25) is 15.9 Å². The molecule has 0 aliphatic carbocycles. The van der Waals surface area contributed by atoms with Gasteiger partial charge in [-0.2, -0.15) is 14.5 Å². The van der Waals surface area contributed by atoms with Gasteiger partial charge in [-0.25, -0.2) is 8.42 Å². The second-order valence-electron chi connectivity index (χ2n) is 6.28. The van der Waals surface area contributed by atoms with E-state index in [1.807, 2.05) is 0 Å². The van der Waals surface area contributed by atoms with Gasteiger partial charge in [-0.05, 0) is 19.8 Å². The topological polar surface area (TPSA) is 102 Å². The molecule has 1 unspecified atom stereocenters. The summed E-state index contributed by atoms with van der Waals surface area (Å²) in [6.45, 7) is 2.29. The normalized spacial score (nSPS) is 19.1. The number of carbonyl (C=O) groups excluding carboxylic acids is 1. The van der Waals surface area contributed by atoms with Crippen molar-refractivity contribution in [2.75, 3.05) is 18.4 Å². The van der Waals surface area contributed by atoms with E-state index in [9.17, 15) is 13.2 Å². The molecular weight excluding hydrogens is 344 g/mol. The summed E-state index contributed by atoms with van der Waals surface area (Å²) in [4.78, 5) is 12.7. The van der Waals surface area contributed by atoms with Gasteiger partial charge >= 0.3 is 0 Å². The Balaban J connectivity index is 1.74. The molecule has 1 aliphatic heterocycles. The molecule has 0 bridgehead atoms. The lowest BCUT2D eigenvalue weighted by Gasteiger charge is -2.30. The number of aromatic nitrogens is 4. The fraction of sp³-hybridized carbons (Fsp3) is 0.533. The Kier molecular flexibility index (Phi) is 4.65. The van der Waals surface area contributed by atoms with E-state index in [1.54, 1.807) is 38.0 Å². The van der Waals surface area contributed by atoms with E-state index in [0.29, 0.717) is 30.9 Å². The minimum Gasteiger partial charge on any atom is -0.309 e. The minimum atomic E-state index is -3.66. The SMILES string of the molecule is Cc1c(S(=O)(=O)N2CCCC(C(=O)Nc3ccn(C)n3)C2)cnn1C. The highest BCUT2D eigenvalue weighted by molar-refractivity contribution is 7.89. The molecule has 1 atom stereocenters. The van der Waals surface area contributed by atoms with Gasteiger partial charge in [0.05, 0.1) is 17.8 Å². The lowest BCUT2D eigenvalue weighted by Crippen LogP contribution is -2.43. The number of sulfonamides is 1. The van der Waals surface area contributed by atoms with E-state index in [-0.39, 0.29) is 17.3 Å². The average molecular weight is 366 g/mol. The van der Waals surface area contributed by atoms with Gasteiger partial charge in [-0.1, -0.05) is 0 Å². The average Bonchev–Trinajstić information content (AvgIpc) is 3.14. The molecule has 0 saturated carbocycles. The monoisotopic (exact) mass is 366 g/mol. The van der Waals surface area contributed by atoms with Crippen molar-refractivity contribution in [2.45, 2.75) is 24.7 Å². The number of carbonyl (C=O) groups is 1. The van der Waals surface area contributed by atoms with Crippen LogP contribution in [0.2, 0.25) is 0 Å². The lowest BCUT2D eigenvalue weighted by atomic mass is 9.99. The number of nitrogens with one attached hydrogen (secondary N) is 1. The summed E-state index contributed by atoms with van der Waals surface area (Å²) in [5.74, 6) is -0.139. The fourth-order valence-electron chi connectivity index (χ4n) is 2.96. The highest BCUT2D eigenvalue weighted by Crippen LogP contribution is 2.26. The first-order valence-corrected chi connectivity index (χ1v) is 9.52. The van der Waals surface area contributed by atoms with Crippen LogP contribution in [0.15, 0.2) is 23.4 Å². The summed E-state index contributed by atoms with van der Waals surface area (Å²) in [5, 5.41) is 10.9. The summed E-state index contributed by atoms with van der Waals surface area (Å²) in [5.41, 5.74) is 0.583. The van der Waals surface area contributed by atoms with E-state index in [0.717, 1.165) is 0 Å². The molecule has 3 heterocycles. The number of piperidine rings is 1. The number of rotatable bonds is 4. The molecule has 10 heteroatoms. The molecule has 0 spiro atoms. The first kappa shape index (κ1) is 17.6. The molecule has 0 aromatic carbocycles. The molecule has 136 valence electrons. The maximum atomic E-state index is 12.9. The second kappa shape index (κ2) is 6.60. The highest BCUT2D eigenvalue weighted by atomic mass is 32.2. The largest absolute Gasteiger partial charge is 0.309 e. The number of amides is 1. The van der Waals surface area contributed by atoms with Crippen LogP contribution in [0.4, 0.5) is 5.82 Å². The number of nitrogens with zero attached hydrogens (tertiary/aromatic N) is 5. The number of anilines is 1. The van der Waals surface area contributed by atoms with E-state index < -0.39 is 15.9 Å². The van der Waals surface area contributed by atoms with Crippen molar-refractivity contribution in [3.8, 4) is 0 Å². The van der Waals surface area contributed by atoms with Gasteiger partial charge in [0.15, 0.2) is 5.82 Å². The third-order valence-corrected chi connectivity index (χ3v) is 6.50. The Hall–Kier alpha value is -2.20. The van der Waals surface area contributed by atoms with Gasteiger partial charge in [0.1, 0.15) is 4.90 Å². The van der Waals surface area contributed by atoms with E-state index in [2.05, 4.69) is 15.5 Å². The maximum absolute atomic E-state index is 12.9. The van der Waals surface area contributed by atoms with Crippen LogP contribution in [-0.2, 0) is 28.9 Å². The predicted molar refractivity (Wildman–Crippen MR) is 91.3 cm³/mol. The van der Waals surface area contributed by atoms with Crippen LogP contribution in [0.3, 0.4) is 0 Å². The summed E-state index contributed by atoms with van der Waals surface area (Å²) in [7, 11) is -0.190. The molecular formula is C15H22N6O3S. The molecule has 9 nitrogen and oxygen atoms in total. The molecule has 2 aromatic rings. The Morgan fingerprint density at radius 2 is 2.12 bits per heavy atom. The molecule has 1 amide bonds. The van der Waals surface area contributed by atoms with Crippen LogP contribution in [0.25, 0.3) is 0 Å². The maximum Gasteiger partial charge on any atom is 0.246 e. The highest BCUT2D eigenvalue weighted by Gasteiger charge is 2.35. The van der Waals surface area contributed by atoms with Crippen molar-refractivity contribution in [3.63, 3.8) is 0 Å². The number of hydrogen-bond acceptors (Lipinski definition) is 5. The van der Waals surface area contributed by atoms with Crippen molar-refractivity contribution in [3.05, 3.63) is 24.2 Å². The summed E-state index contributed by atoms with van der Waals surface area (Å²) in [6, 6.07) is 1.70. The minimum absolute atomic E-state index is 0.162. The molecule has 3 rings (SSSR count). The fourth-order valence-corrected chi connectivity index (χ4v) is 4.67. The predicted octanol–water partition coefficient (Wildman–Crippen LogP) is 0.501. The zero-order valence-corrected chi connectivity index (χ0v) is 15.3. The van der Waals surface area contributed by atoms with E-state index in [4.69, 9.17) is 0 Å². The first-order valence-electron chi connectivity index (χ1n) is 8.08. The zero-order valence-electron chi connectivity index (χ0n) is 14.5. The third kappa shape index (κ3) is 3.45. The van der Waals surface area contributed by atoms with Crippen LogP contribution in [0.5, 0.6) is 0 Å². The van der Waals surface area contributed by atoms with Crippen LogP contribution in [0.1, 0.15) is 18.5 Å². The smallest absolute Gasteiger partial charge is 0.246 e. The Bertz CT molecular complexity index is 885. The molecule has 1 N–H and O–H groups in total. The van der Waals surface area contributed by atoms with Crippen molar-refractivity contribution in [1.29, 1.82) is 0 Å². The van der Waals surface area contributed by atoms with Crippen molar-refractivity contribution in [2.24, 2.45) is 20.0 Å². The van der Waals surface area contributed by atoms with Crippen LogP contribution < -0.4 is 5.32 Å². The quantitative estimate of drug-likeness (QED) is 0.849. The number of aryl methyl sites for hydroxylation is 2. The van der Waals surface area contributed by atoms with Crippen LogP contribution >= 0.6 is 0 Å². The van der Waals surface area contributed by atoms with Crippen molar-refractivity contribution in [1.82, 2.24) is 23.9 Å². The molecule has 1 aliphatic rings. The van der Waals surface area contributed by atoms with Gasteiger partial charge in [0, 0.05) is 39.4 Å². The summed E-state index contributed by atoms with van der Waals surface area (Å²) >= 11 is 0. The van der Waals surface area contributed by atoms with Crippen molar-refractivity contribution >= 4 is 21.7 Å². The third-order valence-electron chi connectivity index (χ3n) is 4.53. The molecule has 0 radical (unpaired) electrons. The zero-order chi connectivity index (χ0) is 18.2. The lowest BCUT2D eigenvalue weighted by molar-refractivity contribution is -0.120. The Morgan fingerprint density at radius 1 is 1.36 bits per heavy atom. The first-order chi connectivity index (χ1) is 11.8. The van der Waals surface area contributed by atoms with Gasteiger partial charge in [-0.15, -0.1) is 0 Å². The van der Waals surface area contributed by atoms with Crippen molar-refractivity contribution < 1.29 is 13.2 Å². The van der Waals surface area contributed by atoms with Gasteiger partial charge < -0.3 is 5.32 Å². The second-order valence-corrected chi connectivity index (χ2v) is 8.19. The summed E-state index contributed by atoms with van der Waals surface area (Å²) < 4.78 is 30.3. The summed E-state index contributed by atoms with van der Waals surface area (Å²) in [6.07, 6.45) is 4.39. The number of hydrogen-bond donors (Lipinski definition) is 1. The molecule has 2 aromatic heterocycles. The van der Waals surface area contributed by atoms with Crippen LogP contribution in [0, 0.1) is 12.8 Å². The van der Waals surface area contributed by atoms with Gasteiger partial charge in [0.25, 0.3) is 0 Å². The van der Waals surface area contributed by atoms with E-state index >= 15 is 0 Å². The Labute approximate surface area is 146 Å². The van der Waals surface area contributed by atoms with Crippen LogP contribution in [-0.4, -0.2) is 51.3 Å². The van der Waals surface area contributed by atoms with Gasteiger partial charge in [-0.3, -0.25) is 14.2 Å². The Morgan fingerprint density at radius 3 is 2.72 bits per heavy atom.